The van der Waals surface area contributed by atoms with Crippen LogP contribution in [-0.2, 0) is 4.74 Å². The number of nitrogens with zero attached hydrogens (tertiary/aromatic N) is 4. The molecule has 214 valence electrons. The van der Waals surface area contributed by atoms with Crippen molar-refractivity contribution in [2.75, 3.05) is 32.0 Å². The molecule has 0 bridgehead atoms. The lowest BCUT2D eigenvalue weighted by Gasteiger charge is -2.25. The molecule has 4 heterocycles. The molecule has 0 aromatic carbocycles. The number of thiophene rings is 1. The van der Waals surface area contributed by atoms with E-state index >= 15 is 4.39 Å². The molecule has 3 unspecified atom stereocenters. The highest BCUT2D eigenvalue weighted by molar-refractivity contribution is 7.23. The number of hydrogen-bond acceptors (Lipinski definition) is 6. The van der Waals surface area contributed by atoms with E-state index in [9.17, 15) is 9.65 Å². The minimum Gasteiger partial charge on any atom is -0.389 e. The van der Waals surface area contributed by atoms with Crippen molar-refractivity contribution >= 4 is 37.8 Å². The summed E-state index contributed by atoms with van der Waals surface area (Å²) in [6.07, 6.45) is 4.08. The van der Waals surface area contributed by atoms with Gasteiger partial charge in [0.05, 0.1) is 35.4 Å². The summed E-state index contributed by atoms with van der Waals surface area (Å²) in [4.78, 5) is 11.3. The Morgan fingerprint density at radius 1 is 1.27 bits per heavy atom. The van der Waals surface area contributed by atoms with Gasteiger partial charge in [0.15, 0.2) is 5.82 Å². The van der Waals surface area contributed by atoms with Crippen LogP contribution in [0.25, 0.3) is 15.7 Å². The van der Waals surface area contributed by atoms with Crippen LogP contribution in [0.3, 0.4) is 0 Å². The second kappa shape index (κ2) is 12.2. The SMILES string of the molecule is CC(=N/C=C1/C2=C(COC2)C(c2ncc(F)c3sc(N)c(C#N)c23)=C(F)C1C)N1CC(C)C(C(C)C)C1.CCC. The number of likely N-dealkylation sites (tertiary alicyclic amines) is 1. The van der Waals surface area contributed by atoms with Gasteiger partial charge in [-0.1, -0.05) is 48.0 Å². The van der Waals surface area contributed by atoms with Gasteiger partial charge in [-0.05, 0) is 41.4 Å². The van der Waals surface area contributed by atoms with Gasteiger partial charge in [-0.2, -0.15) is 5.26 Å². The van der Waals surface area contributed by atoms with E-state index in [-0.39, 0.29) is 38.5 Å². The maximum atomic E-state index is 16.1. The van der Waals surface area contributed by atoms with Crippen LogP contribution in [0.5, 0.6) is 0 Å². The van der Waals surface area contributed by atoms with Gasteiger partial charge in [0.2, 0.25) is 0 Å². The third-order valence-corrected chi connectivity index (χ3v) is 9.04. The van der Waals surface area contributed by atoms with E-state index in [1.807, 2.05) is 13.0 Å². The highest BCUT2D eigenvalue weighted by atomic mass is 32.1. The number of halogens is 2. The van der Waals surface area contributed by atoms with Gasteiger partial charge in [0, 0.05) is 36.2 Å². The fourth-order valence-electron chi connectivity index (χ4n) is 5.87. The van der Waals surface area contributed by atoms with E-state index in [1.54, 1.807) is 13.1 Å². The largest absolute Gasteiger partial charge is 0.389 e. The molecule has 0 radical (unpaired) electrons. The molecule has 5 rings (SSSR count). The topological polar surface area (TPSA) is 87.5 Å². The number of hydrogen-bond donors (Lipinski definition) is 1. The van der Waals surface area contributed by atoms with E-state index in [1.165, 1.54) is 6.42 Å². The highest BCUT2D eigenvalue weighted by Gasteiger charge is 2.37. The van der Waals surface area contributed by atoms with Crippen molar-refractivity contribution in [3.8, 4) is 6.07 Å². The fraction of sp³-hybridized carbons (Fsp3) is 0.516. The number of rotatable bonds is 3. The number of allylic oxidation sites excluding steroid dienone is 1. The average molecular weight is 568 g/mol. The second-order valence-corrected chi connectivity index (χ2v) is 12.3. The number of ether oxygens (including phenoxy) is 1. The predicted molar refractivity (Wildman–Crippen MR) is 160 cm³/mol. The molecule has 3 atom stereocenters. The van der Waals surface area contributed by atoms with Crippen molar-refractivity contribution in [1.82, 2.24) is 9.88 Å². The van der Waals surface area contributed by atoms with Crippen LogP contribution in [0.4, 0.5) is 13.8 Å². The summed E-state index contributed by atoms with van der Waals surface area (Å²) in [5, 5.41) is 10.1. The molecule has 0 amide bonds. The lowest BCUT2D eigenvalue weighted by atomic mass is 9.80. The first-order valence-corrected chi connectivity index (χ1v) is 14.8. The van der Waals surface area contributed by atoms with Gasteiger partial charge in [-0.15, -0.1) is 11.3 Å². The Kier molecular flexibility index (Phi) is 9.11. The summed E-state index contributed by atoms with van der Waals surface area (Å²) in [7, 11) is 0. The van der Waals surface area contributed by atoms with Crippen LogP contribution in [0.1, 0.15) is 66.1 Å². The summed E-state index contributed by atoms with van der Waals surface area (Å²) in [6, 6.07) is 2.04. The van der Waals surface area contributed by atoms with Gasteiger partial charge < -0.3 is 15.4 Å². The molecule has 0 saturated carbocycles. The Morgan fingerprint density at radius 2 is 1.95 bits per heavy atom. The van der Waals surface area contributed by atoms with Gasteiger partial charge in [0.1, 0.15) is 22.7 Å². The Hall–Kier alpha value is -3.09. The van der Waals surface area contributed by atoms with Crippen LogP contribution in [-0.4, -0.2) is 42.0 Å². The number of nitriles is 1. The molecule has 3 aliphatic rings. The summed E-state index contributed by atoms with van der Waals surface area (Å²) < 4.78 is 36.7. The lowest BCUT2D eigenvalue weighted by molar-refractivity contribution is 0.207. The van der Waals surface area contributed by atoms with Gasteiger partial charge in [-0.25, -0.2) is 13.8 Å². The number of aliphatic imine (C=N–C) groups is 1. The Bertz CT molecular complexity index is 1460. The zero-order valence-electron chi connectivity index (χ0n) is 24.4. The number of pyridine rings is 1. The van der Waals surface area contributed by atoms with Crippen molar-refractivity contribution < 1.29 is 13.5 Å². The Balaban J connectivity index is 0.00000118. The number of amidine groups is 1. The van der Waals surface area contributed by atoms with Crippen molar-refractivity contribution in [2.24, 2.45) is 28.7 Å². The Morgan fingerprint density at radius 3 is 2.58 bits per heavy atom. The number of fused-ring (bicyclic) bond motifs is 1. The van der Waals surface area contributed by atoms with Crippen LogP contribution >= 0.6 is 11.3 Å². The standard InChI is InChI=1S/C28H31F2N5OS.C3H8/c1-13(2)19-10-35(9-14(19)3)16(5)33-7-18-15(4)25(30)23(21-12-36-11-20(18)21)26-24-17(6-31)28(32)37-27(24)22(29)8-34-26;1-3-2/h7-8,13-15,19H,9-12,32H2,1-5H3;3H2,1-2H3/b18-7+,33-16?;. The summed E-state index contributed by atoms with van der Waals surface area (Å²) in [5.41, 5.74) is 8.93. The molecule has 40 heavy (non-hydrogen) atoms. The van der Waals surface area contributed by atoms with Gasteiger partial charge in [0.25, 0.3) is 0 Å². The molecule has 2 N–H and O–H groups in total. The van der Waals surface area contributed by atoms with Crippen molar-refractivity contribution in [1.29, 1.82) is 5.26 Å². The molecule has 6 nitrogen and oxygen atoms in total. The molecule has 1 fully saturated rings. The molecule has 2 aromatic heterocycles. The molecular formula is C31H39F2N5OS. The average Bonchev–Trinajstić information content (AvgIpc) is 3.63. The van der Waals surface area contributed by atoms with Crippen molar-refractivity contribution in [3.63, 3.8) is 0 Å². The van der Waals surface area contributed by atoms with Crippen LogP contribution in [0, 0.1) is 40.8 Å². The zero-order chi connectivity index (χ0) is 29.3. The molecule has 9 heteroatoms. The van der Waals surface area contributed by atoms with E-state index in [2.05, 4.69) is 44.5 Å². The molecule has 2 aromatic rings. The third kappa shape index (κ3) is 5.31. The molecular weight excluding hydrogens is 528 g/mol. The summed E-state index contributed by atoms with van der Waals surface area (Å²) in [5.74, 6) is 1.16. The number of nitrogens with two attached hydrogens (primary N) is 1. The van der Waals surface area contributed by atoms with E-state index in [4.69, 9.17) is 15.5 Å². The first-order valence-electron chi connectivity index (χ1n) is 14.0. The van der Waals surface area contributed by atoms with E-state index in [0.29, 0.717) is 29.9 Å². The minimum absolute atomic E-state index is 0.122. The van der Waals surface area contributed by atoms with E-state index in [0.717, 1.165) is 47.6 Å². The summed E-state index contributed by atoms with van der Waals surface area (Å²) >= 11 is 0.975. The maximum absolute atomic E-state index is 16.1. The number of anilines is 1. The number of aromatic nitrogens is 1. The van der Waals surface area contributed by atoms with Crippen molar-refractivity contribution in [2.45, 2.75) is 54.9 Å². The molecule has 2 aliphatic heterocycles. The van der Waals surface area contributed by atoms with Gasteiger partial charge in [-0.3, -0.25) is 4.98 Å². The van der Waals surface area contributed by atoms with E-state index < -0.39 is 17.6 Å². The molecule has 1 saturated heterocycles. The predicted octanol–water partition coefficient (Wildman–Crippen LogP) is 7.49. The van der Waals surface area contributed by atoms with Crippen LogP contribution in [0.15, 0.2) is 39.9 Å². The van der Waals surface area contributed by atoms with Crippen LogP contribution in [0.2, 0.25) is 0 Å². The lowest BCUT2D eigenvalue weighted by Crippen LogP contribution is -2.27. The monoisotopic (exact) mass is 567 g/mol. The fourth-order valence-corrected chi connectivity index (χ4v) is 6.79. The Labute approximate surface area is 239 Å². The quantitative estimate of drug-likeness (QED) is 0.307. The minimum atomic E-state index is -0.601. The highest BCUT2D eigenvalue weighted by Crippen LogP contribution is 2.48. The van der Waals surface area contributed by atoms with Crippen molar-refractivity contribution in [3.05, 3.63) is 52.0 Å². The second-order valence-electron chi connectivity index (χ2n) is 11.3. The normalized spacial score (nSPS) is 24.2. The first-order chi connectivity index (χ1) is 19.0. The molecule has 0 spiro atoms. The first kappa shape index (κ1) is 29.9. The smallest absolute Gasteiger partial charge is 0.159 e. The third-order valence-electron chi connectivity index (χ3n) is 8.01. The number of nitrogen functional groups attached to an aromatic ring is 1. The zero-order valence-corrected chi connectivity index (χ0v) is 25.3. The summed E-state index contributed by atoms with van der Waals surface area (Å²) in [6.45, 7) is 17.3. The van der Waals surface area contributed by atoms with Gasteiger partial charge >= 0.3 is 0 Å². The van der Waals surface area contributed by atoms with Crippen LogP contribution < -0.4 is 5.73 Å². The maximum Gasteiger partial charge on any atom is 0.159 e. The molecule has 1 aliphatic carbocycles.